The predicted octanol–water partition coefficient (Wildman–Crippen LogP) is 1.90. The molecule has 1 rings (SSSR count). The minimum Gasteiger partial charge on any atom is -0.492 e. The lowest BCUT2D eigenvalue weighted by Crippen LogP contribution is -2.34. The van der Waals surface area contributed by atoms with Gasteiger partial charge in [-0.1, -0.05) is 6.92 Å². The molecule has 4 nitrogen and oxygen atoms in total. The van der Waals surface area contributed by atoms with Gasteiger partial charge in [-0.3, -0.25) is 4.79 Å². The Balaban J connectivity index is 2.86. The summed E-state index contributed by atoms with van der Waals surface area (Å²) in [5, 5.41) is 2.62. The number of ether oxygens (including phenoxy) is 1. The van der Waals surface area contributed by atoms with Crippen LogP contribution in [-0.2, 0) is 4.79 Å². The Morgan fingerprint density at radius 3 is 2.82 bits per heavy atom. The number of carbonyl (C=O) groups excluding carboxylic acids is 1. The van der Waals surface area contributed by atoms with E-state index in [9.17, 15) is 9.18 Å². The third-order valence-electron chi connectivity index (χ3n) is 2.28. The number of nitrogens with one attached hydrogen (secondary N) is 1. The van der Waals surface area contributed by atoms with Crippen molar-refractivity contribution in [2.75, 3.05) is 11.9 Å². The van der Waals surface area contributed by atoms with Crippen molar-refractivity contribution in [2.24, 2.45) is 5.73 Å². The van der Waals surface area contributed by atoms with Crippen molar-refractivity contribution in [1.82, 2.24) is 0 Å². The van der Waals surface area contributed by atoms with Gasteiger partial charge in [-0.25, -0.2) is 4.39 Å². The highest BCUT2D eigenvalue weighted by Gasteiger charge is 2.14. The van der Waals surface area contributed by atoms with Gasteiger partial charge in [0.2, 0.25) is 5.91 Å². The standard InChI is InChI=1S/C12H17FN2O2/c1-3-9(14)12(16)15-10-6-5-8(13)7-11(10)17-4-2/h5-7,9H,3-4,14H2,1-2H3,(H,15,16)/t9-/m0/s1. The van der Waals surface area contributed by atoms with E-state index in [0.717, 1.165) is 0 Å². The molecule has 1 aromatic rings. The average Bonchev–Trinajstić information content (AvgIpc) is 2.31. The van der Waals surface area contributed by atoms with Crippen molar-refractivity contribution in [2.45, 2.75) is 26.3 Å². The van der Waals surface area contributed by atoms with E-state index in [4.69, 9.17) is 10.5 Å². The van der Waals surface area contributed by atoms with E-state index < -0.39 is 11.9 Å². The molecule has 0 saturated heterocycles. The molecule has 0 aliphatic heterocycles. The minimum atomic E-state index is -0.575. The molecule has 0 saturated carbocycles. The van der Waals surface area contributed by atoms with Crippen LogP contribution in [0, 0.1) is 5.82 Å². The molecular formula is C12H17FN2O2. The van der Waals surface area contributed by atoms with Gasteiger partial charge in [0.05, 0.1) is 18.3 Å². The van der Waals surface area contributed by atoms with Crippen molar-refractivity contribution in [3.05, 3.63) is 24.0 Å². The fourth-order valence-corrected chi connectivity index (χ4v) is 1.29. The van der Waals surface area contributed by atoms with Crippen LogP contribution in [0.2, 0.25) is 0 Å². The first-order chi connectivity index (χ1) is 8.08. The second-order valence-corrected chi connectivity index (χ2v) is 3.58. The first kappa shape index (κ1) is 13.4. The van der Waals surface area contributed by atoms with E-state index >= 15 is 0 Å². The molecule has 0 radical (unpaired) electrons. The lowest BCUT2D eigenvalue weighted by Gasteiger charge is -2.13. The zero-order valence-corrected chi connectivity index (χ0v) is 10.00. The number of hydrogen-bond acceptors (Lipinski definition) is 3. The van der Waals surface area contributed by atoms with Crippen LogP contribution in [0.15, 0.2) is 18.2 Å². The number of nitrogens with two attached hydrogens (primary N) is 1. The van der Waals surface area contributed by atoms with Crippen molar-refractivity contribution in [1.29, 1.82) is 0 Å². The Kier molecular flexibility index (Phi) is 4.90. The molecule has 3 N–H and O–H groups in total. The molecule has 0 aliphatic carbocycles. The molecule has 0 spiro atoms. The van der Waals surface area contributed by atoms with E-state index in [2.05, 4.69) is 5.32 Å². The number of amides is 1. The van der Waals surface area contributed by atoms with Crippen LogP contribution < -0.4 is 15.8 Å². The second-order valence-electron chi connectivity index (χ2n) is 3.58. The van der Waals surface area contributed by atoms with Crippen LogP contribution in [0.3, 0.4) is 0 Å². The highest BCUT2D eigenvalue weighted by atomic mass is 19.1. The van der Waals surface area contributed by atoms with Crippen molar-refractivity contribution in [3.8, 4) is 5.75 Å². The summed E-state index contributed by atoms with van der Waals surface area (Å²) < 4.78 is 18.3. The van der Waals surface area contributed by atoms with E-state index in [1.54, 1.807) is 6.92 Å². The molecule has 1 aromatic carbocycles. The highest BCUT2D eigenvalue weighted by Crippen LogP contribution is 2.25. The van der Waals surface area contributed by atoms with Gasteiger partial charge in [-0.05, 0) is 25.5 Å². The van der Waals surface area contributed by atoms with Crippen LogP contribution in [0.1, 0.15) is 20.3 Å². The van der Waals surface area contributed by atoms with Crippen LogP contribution in [0.25, 0.3) is 0 Å². The Morgan fingerprint density at radius 1 is 1.53 bits per heavy atom. The maximum Gasteiger partial charge on any atom is 0.241 e. The summed E-state index contributed by atoms with van der Waals surface area (Å²) in [6, 6.07) is 3.38. The molecule has 0 heterocycles. The molecule has 94 valence electrons. The van der Waals surface area contributed by atoms with Gasteiger partial charge in [0.1, 0.15) is 11.6 Å². The molecular weight excluding hydrogens is 223 g/mol. The number of anilines is 1. The summed E-state index contributed by atoms with van der Waals surface area (Å²) in [5.41, 5.74) is 6.02. The van der Waals surface area contributed by atoms with Crippen LogP contribution in [-0.4, -0.2) is 18.6 Å². The Labute approximate surface area is 100.0 Å². The van der Waals surface area contributed by atoms with Gasteiger partial charge in [0.15, 0.2) is 0 Å². The Hall–Kier alpha value is -1.62. The highest BCUT2D eigenvalue weighted by molar-refractivity contribution is 5.95. The third kappa shape index (κ3) is 3.71. The van der Waals surface area contributed by atoms with E-state index in [-0.39, 0.29) is 5.91 Å². The van der Waals surface area contributed by atoms with Gasteiger partial charge < -0.3 is 15.8 Å². The fourth-order valence-electron chi connectivity index (χ4n) is 1.29. The molecule has 0 unspecified atom stereocenters. The quantitative estimate of drug-likeness (QED) is 0.826. The topological polar surface area (TPSA) is 64.3 Å². The smallest absolute Gasteiger partial charge is 0.241 e. The maximum absolute atomic E-state index is 13.0. The fraction of sp³-hybridized carbons (Fsp3) is 0.417. The molecule has 1 atom stereocenters. The first-order valence-corrected chi connectivity index (χ1v) is 5.57. The predicted molar refractivity (Wildman–Crippen MR) is 64.5 cm³/mol. The van der Waals surface area contributed by atoms with Crippen molar-refractivity contribution >= 4 is 11.6 Å². The summed E-state index contributed by atoms with van der Waals surface area (Å²) in [7, 11) is 0. The van der Waals surface area contributed by atoms with Crippen LogP contribution in [0.4, 0.5) is 10.1 Å². The van der Waals surface area contributed by atoms with E-state index in [0.29, 0.717) is 24.5 Å². The summed E-state index contributed by atoms with van der Waals surface area (Å²) in [5.74, 6) is -0.407. The molecule has 17 heavy (non-hydrogen) atoms. The lowest BCUT2D eigenvalue weighted by molar-refractivity contribution is -0.117. The van der Waals surface area contributed by atoms with Crippen LogP contribution >= 0.6 is 0 Å². The summed E-state index contributed by atoms with van der Waals surface area (Å²) in [6.45, 7) is 4.00. The number of rotatable bonds is 5. The average molecular weight is 240 g/mol. The Morgan fingerprint density at radius 2 is 2.24 bits per heavy atom. The molecule has 0 aromatic heterocycles. The van der Waals surface area contributed by atoms with Crippen LogP contribution in [0.5, 0.6) is 5.75 Å². The number of hydrogen-bond donors (Lipinski definition) is 2. The largest absolute Gasteiger partial charge is 0.492 e. The van der Waals surface area contributed by atoms with Gasteiger partial charge >= 0.3 is 0 Å². The molecule has 5 heteroatoms. The molecule has 1 amide bonds. The van der Waals surface area contributed by atoms with Gasteiger partial charge in [-0.2, -0.15) is 0 Å². The summed E-state index contributed by atoms with van der Waals surface area (Å²) in [4.78, 5) is 11.6. The number of carbonyl (C=O) groups is 1. The van der Waals surface area contributed by atoms with Gasteiger partial charge in [0, 0.05) is 6.07 Å². The van der Waals surface area contributed by atoms with E-state index in [1.165, 1.54) is 18.2 Å². The normalized spacial score (nSPS) is 12.0. The van der Waals surface area contributed by atoms with E-state index in [1.807, 2.05) is 6.92 Å². The van der Waals surface area contributed by atoms with Crippen molar-refractivity contribution in [3.63, 3.8) is 0 Å². The molecule has 0 bridgehead atoms. The summed E-state index contributed by atoms with van der Waals surface area (Å²) in [6.07, 6.45) is 0.539. The zero-order chi connectivity index (χ0) is 12.8. The third-order valence-corrected chi connectivity index (χ3v) is 2.28. The van der Waals surface area contributed by atoms with Crippen molar-refractivity contribution < 1.29 is 13.9 Å². The maximum atomic E-state index is 13.0. The number of benzene rings is 1. The monoisotopic (exact) mass is 240 g/mol. The summed E-state index contributed by atoms with van der Waals surface area (Å²) >= 11 is 0. The molecule has 0 aliphatic rings. The zero-order valence-electron chi connectivity index (χ0n) is 10.00. The minimum absolute atomic E-state index is 0.305. The SMILES string of the molecule is CCOc1cc(F)ccc1NC(=O)[C@@H](N)CC. The lowest BCUT2D eigenvalue weighted by atomic mass is 10.2. The first-order valence-electron chi connectivity index (χ1n) is 5.57. The molecule has 0 fully saturated rings. The Bertz CT molecular complexity index is 396. The number of halogens is 1. The second kappa shape index (κ2) is 6.20. The van der Waals surface area contributed by atoms with Gasteiger partial charge in [-0.15, -0.1) is 0 Å². The van der Waals surface area contributed by atoms with Gasteiger partial charge in [0.25, 0.3) is 0 Å².